The van der Waals surface area contributed by atoms with Crippen LogP contribution in [-0.2, 0) is 33.3 Å². The molecule has 1 heterocycles. The maximum atomic E-state index is 13.9. The number of aliphatic carboxylic acids is 1. The van der Waals surface area contributed by atoms with E-state index in [1.54, 1.807) is 52.7 Å². The number of fused-ring (bicyclic) bond motifs is 2. The lowest BCUT2D eigenvalue weighted by molar-refractivity contribution is -0.320. The highest BCUT2D eigenvalue weighted by Gasteiger charge is 2.91. The van der Waals surface area contributed by atoms with Gasteiger partial charge in [0, 0.05) is 76.4 Å². The molecule has 1 aromatic carbocycles. The summed E-state index contributed by atoms with van der Waals surface area (Å²) in [6, 6.07) is 6.05. The van der Waals surface area contributed by atoms with Gasteiger partial charge in [-0.25, -0.2) is 4.79 Å². The maximum absolute atomic E-state index is 13.9. The summed E-state index contributed by atoms with van der Waals surface area (Å²) >= 11 is 0. The summed E-state index contributed by atoms with van der Waals surface area (Å²) in [5.41, 5.74) is -4.20. The summed E-state index contributed by atoms with van der Waals surface area (Å²) in [6.45, 7) is 4.65. The maximum Gasteiger partial charge on any atom is 0.340 e. The van der Waals surface area contributed by atoms with E-state index in [1.165, 1.54) is 6.92 Å². The van der Waals surface area contributed by atoms with Gasteiger partial charge in [-0.05, 0) is 43.9 Å². The molecule has 6 fully saturated rings. The molecule has 1 spiro atoms. The van der Waals surface area contributed by atoms with Crippen LogP contribution in [0.2, 0.25) is 0 Å². The second-order valence-corrected chi connectivity index (χ2v) is 15.8. The van der Waals surface area contributed by atoms with Crippen molar-refractivity contribution in [2.45, 2.75) is 87.6 Å². The van der Waals surface area contributed by atoms with Gasteiger partial charge in [0.2, 0.25) is 5.91 Å². The highest BCUT2D eigenvalue weighted by atomic mass is 16.5. The minimum atomic E-state index is -1.71. The normalized spacial score (nSPS) is 44.4. The summed E-state index contributed by atoms with van der Waals surface area (Å²) in [4.78, 5) is 40.2. The van der Waals surface area contributed by atoms with Crippen LogP contribution in [0.1, 0.15) is 56.3 Å². The fourth-order valence-electron chi connectivity index (χ4n) is 12.6. The predicted molar refractivity (Wildman–Crippen MR) is 178 cm³/mol. The number of nitrogens with one attached hydrogen (secondary N) is 1. The standard InChI is InChI=1S/C37H52N2O11/c1-7-39-17-34(18-50-32(43)20-10-8-9-11-23(20)38-26(40)14-19(2)31(41)42)13-12-25(47-4)36-22-15-21-24(46-3)16-35(44,27(22)28(21)48-5)37(45,33(36)39)30(49-6)29(34)36/h8-11,19,21-22,24-25,27-30,33,44-45H,7,12-18H2,1-6H3,(H,38,40)(H,41,42)/t19?,21?,22?,24-,25?,27?,28?,29?,30-,33?,34-,35+,36?,37-/m0/s1. The number of rotatable bonds is 12. The molecule has 7 rings (SSSR count). The number of hydrogen-bond acceptors (Lipinski definition) is 11. The van der Waals surface area contributed by atoms with Crippen LogP contribution in [0.4, 0.5) is 5.69 Å². The van der Waals surface area contributed by atoms with Crippen LogP contribution < -0.4 is 5.32 Å². The van der Waals surface area contributed by atoms with E-state index < -0.39 is 57.9 Å². The van der Waals surface area contributed by atoms with E-state index in [1.807, 2.05) is 0 Å². The van der Waals surface area contributed by atoms with E-state index in [0.29, 0.717) is 25.9 Å². The van der Waals surface area contributed by atoms with Gasteiger partial charge in [-0.2, -0.15) is 0 Å². The zero-order chi connectivity index (χ0) is 36.0. The third-order valence-electron chi connectivity index (χ3n) is 14.1. The Kier molecular flexibility index (Phi) is 8.93. The molecule has 1 amide bonds. The molecule has 7 bridgehead atoms. The zero-order valence-electron chi connectivity index (χ0n) is 29.8. The molecule has 0 aromatic heterocycles. The van der Waals surface area contributed by atoms with E-state index in [4.69, 9.17) is 23.7 Å². The summed E-state index contributed by atoms with van der Waals surface area (Å²) in [5, 5.41) is 38.5. The van der Waals surface area contributed by atoms with Crippen molar-refractivity contribution in [1.82, 2.24) is 4.90 Å². The third-order valence-corrected chi connectivity index (χ3v) is 14.1. The summed E-state index contributed by atoms with van der Waals surface area (Å²) in [5.74, 6) is -3.87. The quantitative estimate of drug-likeness (QED) is 0.235. The number of esters is 1. The minimum absolute atomic E-state index is 0.0276. The topological polar surface area (TPSA) is 173 Å². The molecule has 1 aliphatic heterocycles. The van der Waals surface area contributed by atoms with E-state index in [2.05, 4.69) is 17.1 Å². The average molecular weight is 701 g/mol. The van der Waals surface area contributed by atoms with Gasteiger partial charge < -0.3 is 44.3 Å². The highest BCUT2D eigenvalue weighted by Crippen LogP contribution is 2.80. The average Bonchev–Trinajstić information content (AvgIpc) is 3.52. The monoisotopic (exact) mass is 700 g/mol. The molecule has 13 nitrogen and oxygen atoms in total. The Balaban J connectivity index is 1.28. The van der Waals surface area contributed by atoms with Gasteiger partial charge in [0.05, 0.1) is 54.2 Å². The number of hydrogen-bond donors (Lipinski definition) is 4. The number of aliphatic hydroxyl groups is 2. The van der Waals surface area contributed by atoms with Gasteiger partial charge in [-0.15, -0.1) is 0 Å². The fourth-order valence-corrected chi connectivity index (χ4v) is 12.6. The third kappa shape index (κ3) is 4.46. The molecular formula is C37H52N2O11. The van der Waals surface area contributed by atoms with Crippen LogP contribution in [-0.4, -0.2) is 128 Å². The largest absolute Gasteiger partial charge is 0.481 e. The second kappa shape index (κ2) is 12.5. The Bertz CT molecular complexity index is 1530. The summed E-state index contributed by atoms with van der Waals surface area (Å²) in [6.07, 6.45) is 0.397. The lowest BCUT2D eigenvalue weighted by Gasteiger charge is -2.70. The Labute approximate surface area is 292 Å². The predicted octanol–water partition coefficient (Wildman–Crippen LogP) is 2.19. The number of carbonyl (C=O) groups is 3. The van der Waals surface area contributed by atoms with Crippen molar-refractivity contribution in [3.63, 3.8) is 0 Å². The lowest BCUT2D eigenvalue weighted by atomic mass is 9.42. The molecule has 50 heavy (non-hydrogen) atoms. The number of piperidine rings is 1. The fraction of sp³-hybridized carbons (Fsp3) is 0.757. The molecule has 5 saturated carbocycles. The number of nitrogens with zero attached hydrogens (tertiary/aromatic N) is 1. The van der Waals surface area contributed by atoms with Crippen molar-refractivity contribution in [2.75, 3.05) is 53.5 Å². The SMILES string of the molecule is CCN1C[C@]2(COC(=O)c3ccccc3NC(=O)CC(C)C(=O)O)CCC(OC)C34C5CC6C(OC)C5[C@](O)(C[C@@H]6OC)[C@@](O)(C13)[C@@H](OC)C42. The number of anilines is 1. The molecule has 13 heteroatoms. The van der Waals surface area contributed by atoms with Gasteiger partial charge in [0.25, 0.3) is 0 Å². The molecular weight excluding hydrogens is 648 g/mol. The minimum Gasteiger partial charge on any atom is -0.481 e. The molecule has 1 saturated heterocycles. The lowest BCUT2D eigenvalue weighted by Crippen LogP contribution is -2.82. The van der Waals surface area contributed by atoms with E-state index in [9.17, 15) is 29.7 Å². The van der Waals surface area contributed by atoms with Crippen LogP contribution in [0.5, 0.6) is 0 Å². The van der Waals surface area contributed by atoms with Gasteiger partial charge in [0.1, 0.15) is 11.2 Å². The number of likely N-dealkylation sites (N-methyl/N-ethyl adjacent to an activating group) is 1. The van der Waals surface area contributed by atoms with E-state index >= 15 is 0 Å². The van der Waals surface area contributed by atoms with Gasteiger partial charge in [-0.1, -0.05) is 26.0 Å². The molecule has 9 unspecified atom stereocenters. The van der Waals surface area contributed by atoms with Crippen molar-refractivity contribution < 1.29 is 53.4 Å². The number of benzene rings is 1. The number of carboxylic acids is 1. The number of methoxy groups -OCH3 is 4. The Morgan fingerprint density at radius 3 is 2.44 bits per heavy atom. The molecule has 5 aliphatic carbocycles. The number of para-hydroxylation sites is 1. The number of amides is 1. The molecule has 6 aliphatic rings. The molecule has 14 atom stereocenters. The number of likely N-dealkylation sites (tertiary alicyclic amines) is 1. The molecule has 1 aromatic rings. The van der Waals surface area contributed by atoms with Crippen LogP contribution >= 0.6 is 0 Å². The Hall–Kier alpha value is -2.65. The zero-order valence-corrected chi connectivity index (χ0v) is 29.8. The molecule has 0 radical (unpaired) electrons. The van der Waals surface area contributed by atoms with Crippen molar-refractivity contribution >= 4 is 23.5 Å². The van der Waals surface area contributed by atoms with Crippen molar-refractivity contribution in [1.29, 1.82) is 0 Å². The first-order chi connectivity index (χ1) is 23.8. The van der Waals surface area contributed by atoms with E-state index in [-0.39, 0.29) is 72.7 Å². The van der Waals surface area contributed by atoms with Crippen LogP contribution in [0.3, 0.4) is 0 Å². The van der Waals surface area contributed by atoms with Gasteiger partial charge >= 0.3 is 11.9 Å². The Morgan fingerprint density at radius 2 is 1.80 bits per heavy atom. The number of carboxylic acid groups (broad SMARTS) is 1. The number of ether oxygens (including phenoxy) is 5. The van der Waals surface area contributed by atoms with Gasteiger partial charge in [0.15, 0.2) is 0 Å². The van der Waals surface area contributed by atoms with Crippen molar-refractivity contribution in [2.24, 2.45) is 40.4 Å². The summed E-state index contributed by atoms with van der Waals surface area (Å²) < 4.78 is 31.3. The molecule has 276 valence electrons. The first-order valence-electron chi connectivity index (χ1n) is 17.9. The highest BCUT2D eigenvalue weighted by molar-refractivity contribution is 6.01. The van der Waals surface area contributed by atoms with Crippen LogP contribution in [0.25, 0.3) is 0 Å². The first kappa shape index (κ1) is 35.7. The van der Waals surface area contributed by atoms with Crippen molar-refractivity contribution in [3.8, 4) is 0 Å². The number of carbonyl (C=O) groups excluding carboxylic acids is 2. The van der Waals surface area contributed by atoms with Gasteiger partial charge in [-0.3, -0.25) is 14.5 Å². The summed E-state index contributed by atoms with van der Waals surface area (Å²) in [7, 11) is 6.66. The second-order valence-electron chi connectivity index (χ2n) is 15.8. The van der Waals surface area contributed by atoms with Crippen LogP contribution in [0, 0.1) is 40.4 Å². The molecule has 4 N–H and O–H groups in total. The first-order valence-corrected chi connectivity index (χ1v) is 17.9. The van der Waals surface area contributed by atoms with Crippen molar-refractivity contribution in [3.05, 3.63) is 29.8 Å². The smallest absolute Gasteiger partial charge is 0.340 e. The van der Waals surface area contributed by atoms with Crippen LogP contribution in [0.15, 0.2) is 24.3 Å². The Morgan fingerprint density at radius 1 is 1.06 bits per heavy atom. The van der Waals surface area contributed by atoms with E-state index in [0.717, 1.165) is 6.42 Å².